The molecule has 0 aromatic heterocycles. The van der Waals surface area contributed by atoms with Crippen molar-refractivity contribution in [1.82, 2.24) is 10.2 Å². The summed E-state index contributed by atoms with van der Waals surface area (Å²) in [6.07, 6.45) is 0.303. The first kappa shape index (κ1) is 21.0. The summed E-state index contributed by atoms with van der Waals surface area (Å²) in [5.74, 6) is 0.606. The molecule has 150 valence electrons. The number of benzene rings is 1. The molecule has 1 heterocycles. The summed E-state index contributed by atoms with van der Waals surface area (Å²) in [5, 5.41) is 3.02. The van der Waals surface area contributed by atoms with Gasteiger partial charge < -0.3 is 24.6 Å². The summed E-state index contributed by atoms with van der Waals surface area (Å²) in [6, 6.07) is 5.29. The van der Waals surface area contributed by atoms with Crippen LogP contribution in [0.1, 0.15) is 37.6 Å². The average Bonchev–Trinajstić information content (AvgIpc) is 2.61. The third-order valence-corrected chi connectivity index (χ3v) is 4.54. The maximum Gasteiger partial charge on any atom is 0.253 e. The van der Waals surface area contributed by atoms with Crippen LogP contribution in [0.2, 0.25) is 0 Å². The fourth-order valence-corrected chi connectivity index (χ4v) is 3.03. The lowest BCUT2D eigenvalue weighted by atomic mass is 10.0. The number of carbonyl (C=O) groups excluding carboxylic acids is 2. The SMILES string of the molecule is CCOCC(C)(C)NC(=O)C[C@H]1COc2ccc(C(=O)N(C)C)cc2N1C. The van der Waals surface area contributed by atoms with Gasteiger partial charge >= 0.3 is 0 Å². The van der Waals surface area contributed by atoms with E-state index in [2.05, 4.69) is 5.32 Å². The fraction of sp³-hybridized carbons (Fsp3) is 0.600. The molecule has 0 aliphatic carbocycles. The summed E-state index contributed by atoms with van der Waals surface area (Å²) in [7, 11) is 5.37. The second-order valence-corrected chi connectivity index (χ2v) is 7.73. The van der Waals surface area contributed by atoms with Crippen molar-refractivity contribution in [2.45, 2.75) is 38.8 Å². The number of ether oxygens (including phenoxy) is 2. The van der Waals surface area contributed by atoms with Gasteiger partial charge in [0.1, 0.15) is 12.4 Å². The normalized spacial score (nSPS) is 16.4. The molecule has 0 bridgehead atoms. The number of likely N-dealkylation sites (N-methyl/N-ethyl adjacent to an activating group) is 1. The van der Waals surface area contributed by atoms with Crippen LogP contribution in [-0.4, -0.2) is 69.3 Å². The number of fused-ring (bicyclic) bond motifs is 1. The number of nitrogens with zero attached hydrogens (tertiary/aromatic N) is 2. The van der Waals surface area contributed by atoms with Crippen molar-refractivity contribution >= 4 is 17.5 Å². The minimum absolute atomic E-state index is 0.0517. The van der Waals surface area contributed by atoms with Gasteiger partial charge in [0, 0.05) is 33.3 Å². The predicted molar refractivity (Wildman–Crippen MR) is 105 cm³/mol. The van der Waals surface area contributed by atoms with Crippen LogP contribution in [-0.2, 0) is 9.53 Å². The Bertz CT molecular complexity index is 688. The molecule has 2 rings (SSSR count). The van der Waals surface area contributed by atoms with E-state index < -0.39 is 5.54 Å². The number of hydrogen-bond donors (Lipinski definition) is 1. The van der Waals surface area contributed by atoms with Crippen LogP contribution >= 0.6 is 0 Å². The molecule has 1 aliphatic heterocycles. The molecular weight excluding hydrogens is 346 g/mol. The lowest BCUT2D eigenvalue weighted by Gasteiger charge is -2.36. The Morgan fingerprint density at radius 3 is 2.70 bits per heavy atom. The number of anilines is 1. The number of amides is 2. The van der Waals surface area contributed by atoms with E-state index in [-0.39, 0.29) is 17.9 Å². The van der Waals surface area contributed by atoms with Crippen LogP contribution in [0.25, 0.3) is 0 Å². The van der Waals surface area contributed by atoms with Gasteiger partial charge in [0.15, 0.2) is 0 Å². The first-order chi connectivity index (χ1) is 12.6. The van der Waals surface area contributed by atoms with Gasteiger partial charge in [0.05, 0.1) is 30.3 Å². The number of carbonyl (C=O) groups is 2. The maximum absolute atomic E-state index is 12.5. The molecule has 0 saturated carbocycles. The summed E-state index contributed by atoms with van der Waals surface area (Å²) in [4.78, 5) is 28.3. The lowest BCUT2D eigenvalue weighted by molar-refractivity contribution is -0.124. The Morgan fingerprint density at radius 1 is 1.37 bits per heavy atom. The zero-order valence-corrected chi connectivity index (χ0v) is 17.2. The Morgan fingerprint density at radius 2 is 2.07 bits per heavy atom. The standard InChI is InChI=1S/C20H31N3O4/c1-7-26-13-20(2,3)21-18(24)11-15-12-27-17-9-8-14(19(25)22(4)5)10-16(17)23(15)6/h8-10,15H,7,11-13H2,1-6H3,(H,21,24)/t15-/m0/s1. The molecule has 0 fully saturated rings. The quantitative estimate of drug-likeness (QED) is 0.786. The van der Waals surface area contributed by atoms with Gasteiger partial charge in [-0.2, -0.15) is 0 Å². The van der Waals surface area contributed by atoms with Gasteiger partial charge in [-0.05, 0) is 39.0 Å². The van der Waals surface area contributed by atoms with Crippen LogP contribution in [0.4, 0.5) is 5.69 Å². The Kier molecular flexibility index (Phi) is 6.70. The highest BCUT2D eigenvalue weighted by molar-refractivity contribution is 5.95. The van der Waals surface area contributed by atoms with E-state index in [4.69, 9.17) is 9.47 Å². The fourth-order valence-electron chi connectivity index (χ4n) is 3.03. The number of rotatable bonds is 7. The van der Waals surface area contributed by atoms with E-state index in [1.807, 2.05) is 44.9 Å². The molecule has 1 aromatic rings. The first-order valence-corrected chi connectivity index (χ1v) is 9.24. The van der Waals surface area contributed by atoms with Crippen molar-refractivity contribution < 1.29 is 19.1 Å². The van der Waals surface area contributed by atoms with Crippen LogP contribution in [0, 0.1) is 0 Å². The smallest absolute Gasteiger partial charge is 0.253 e. The molecule has 1 aromatic carbocycles. The minimum Gasteiger partial charge on any atom is -0.489 e. The van der Waals surface area contributed by atoms with Crippen molar-refractivity contribution in [3.8, 4) is 5.75 Å². The Labute approximate surface area is 161 Å². The van der Waals surface area contributed by atoms with Crippen LogP contribution in [0.5, 0.6) is 5.75 Å². The number of nitrogens with one attached hydrogen (secondary N) is 1. The van der Waals surface area contributed by atoms with E-state index in [0.717, 1.165) is 11.4 Å². The minimum atomic E-state index is -0.426. The van der Waals surface area contributed by atoms with Crippen molar-refractivity contribution in [1.29, 1.82) is 0 Å². The van der Waals surface area contributed by atoms with E-state index >= 15 is 0 Å². The summed E-state index contributed by atoms with van der Waals surface area (Å²) >= 11 is 0. The van der Waals surface area contributed by atoms with Gasteiger partial charge in [-0.25, -0.2) is 0 Å². The highest BCUT2D eigenvalue weighted by Crippen LogP contribution is 2.34. The molecule has 0 unspecified atom stereocenters. The molecule has 27 heavy (non-hydrogen) atoms. The largest absolute Gasteiger partial charge is 0.489 e. The maximum atomic E-state index is 12.5. The molecule has 1 atom stereocenters. The summed E-state index contributed by atoms with van der Waals surface area (Å²) in [5.41, 5.74) is 0.988. The summed E-state index contributed by atoms with van der Waals surface area (Å²) < 4.78 is 11.3. The van der Waals surface area contributed by atoms with E-state index in [1.165, 1.54) is 4.90 Å². The van der Waals surface area contributed by atoms with Gasteiger partial charge in [-0.3, -0.25) is 9.59 Å². The second-order valence-electron chi connectivity index (χ2n) is 7.73. The third kappa shape index (κ3) is 5.35. The van der Waals surface area contributed by atoms with Crippen molar-refractivity contribution in [2.75, 3.05) is 45.9 Å². The number of hydrogen-bond acceptors (Lipinski definition) is 5. The Balaban J connectivity index is 2.07. The zero-order valence-electron chi connectivity index (χ0n) is 17.2. The van der Waals surface area contributed by atoms with Crippen molar-refractivity contribution in [3.63, 3.8) is 0 Å². The summed E-state index contributed by atoms with van der Waals surface area (Å²) in [6.45, 7) is 7.31. The van der Waals surface area contributed by atoms with Crippen LogP contribution < -0.4 is 15.0 Å². The van der Waals surface area contributed by atoms with Crippen LogP contribution in [0.15, 0.2) is 18.2 Å². The molecule has 0 spiro atoms. The highest BCUT2D eigenvalue weighted by atomic mass is 16.5. The van der Waals surface area contributed by atoms with Gasteiger partial charge in [-0.1, -0.05) is 0 Å². The molecule has 0 radical (unpaired) electrons. The predicted octanol–water partition coefficient (Wildman–Crippen LogP) is 1.91. The van der Waals surface area contributed by atoms with Gasteiger partial charge in [0.2, 0.25) is 5.91 Å². The monoisotopic (exact) mass is 377 g/mol. The second kappa shape index (κ2) is 8.61. The lowest BCUT2D eigenvalue weighted by Crippen LogP contribution is -2.50. The molecule has 1 N–H and O–H groups in total. The van der Waals surface area contributed by atoms with Gasteiger partial charge in [-0.15, -0.1) is 0 Å². The zero-order chi connectivity index (χ0) is 20.2. The van der Waals surface area contributed by atoms with Gasteiger partial charge in [0.25, 0.3) is 5.91 Å². The Hall–Kier alpha value is -2.28. The van der Waals surface area contributed by atoms with E-state index in [0.29, 0.717) is 31.8 Å². The molecule has 7 heteroatoms. The first-order valence-electron chi connectivity index (χ1n) is 9.24. The van der Waals surface area contributed by atoms with Crippen molar-refractivity contribution in [2.24, 2.45) is 0 Å². The van der Waals surface area contributed by atoms with E-state index in [9.17, 15) is 9.59 Å². The molecule has 1 aliphatic rings. The molecule has 0 saturated heterocycles. The molecule has 7 nitrogen and oxygen atoms in total. The third-order valence-electron chi connectivity index (χ3n) is 4.54. The average molecular weight is 377 g/mol. The topological polar surface area (TPSA) is 71.1 Å². The van der Waals surface area contributed by atoms with Crippen molar-refractivity contribution in [3.05, 3.63) is 23.8 Å². The molecular formula is C20H31N3O4. The van der Waals surface area contributed by atoms with E-state index in [1.54, 1.807) is 20.2 Å². The van der Waals surface area contributed by atoms with Crippen LogP contribution in [0.3, 0.4) is 0 Å². The molecule has 2 amide bonds. The highest BCUT2D eigenvalue weighted by Gasteiger charge is 2.29.